The van der Waals surface area contributed by atoms with Crippen LogP contribution >= 0.6 is 0 Å². The van der Waals surface area contributed by atoms with Crippen LogP contribution in [0.25, 0.3) is 27.7 Å². The molecule has 0 atom stereocenters. The summed E-state index contributed by atoms with van der Waals surface area (Å²) >= 11 is 0. The average molecular weight is 372 g/mol. The van der Waals surface area contributed by atoms with Crippen molar-refractivity contribution in [2.24, 2.45) is 0 Å². The van der Waals surface area contributed by atoms with E-state index in [9.17, 15) is 22.7 Å². The molecule has 0 radical (unpaired) electrons. The summed E-state index contributed by atoms with van der Waals surface area (Å²) in [5.74, 6) is -0.819. The average Bonchev–Trinajstić information content (AvgIpc) is 3.05. The molecule has 3 aromatic carbocycles. The molecule has 1 heterocycles. The van der Waals surface area contributed by atoms with Crippen LogP contribution in [-0.4, -0.2) is 14.9 Å². The molecule has 0 spiro atoms. The number of aromatic nitrogens is 2. The lowest BCUT2D eigenvalue weighted by Gasteiger charge is -2.13. The van der Waals surface area contributed by atoms with Crippen LogP contribution in [0.15, 0.2) is 66.9 Å². The highest BCUT2D eigenvalue weighted by molar-refractivity contribution is 5.86. The minimum absolute atomic E-state index is 0.0308. The lowest BCUT2D eigenvalue weighted by Crippen LogP contribution is -2.07. The molecule has 0 unspecified atom stereocenters. The van der Waals surface area contributed by atoms with E-state index in [0.717, 1.165) is 0 Å². The monoisotopic (exact) mass is 372 g/mol. The van der Waals surface area contributed by atoms with Crippen molar-refractivity contribution in [3.8, 4) is 22.6 Å². The summed E-state index contributed by atoms with van der Waals surface area (Å²) in [6.45, 7) is 0. The fourth-order valence-corrected chi connectivity index (χ4v) is 3.01. The Bertz CT molecular complexity index is 1130. The van der Waals surface area contributed by atoms with Gasteiger partial charge in [-0.2, -0.15) is 18.3 Å². The molecule has 4 rings (SSSR count). The Kier molecular flexibility index (Phi) is 3.87. The van der Waals surface area contributed by atoms with Crippen molar-refractivity contribution >= 4 is 10.9 Å². The highest BCUT2D eigenvalue weighted by Crippen LogP contribution is 2.39. The van der Waals surface area contributed by atoms with Gasteiger partial charge in [0, 0.05) is 5.39 Å². The largest absolute Gasteiger partial charge is 0.508 e. The zero-order valence-electron chi connectivity index (χ0n) is 13.7. The molecule has 3 nitrogen and oxygen atoms in total. The summed E-state index contributed by atoms with van der Waals surface area (Å²) in [4.78, 5) is 0. The van der Waals surface area contributed by atoms with Crippen molar-refractivity contribution in [3.63, 3.8) is 0 Å². The Labute approximate surface area is 151 Å². The quantitative estimate of drug-likeness (QED) is 0.468. The first-order valence-corrected chi connectivity index (χ1v) is 7.97. The maximum Gasteiger partial charge on any atom is 0.417 e. The van der Waals surface area contributed by atoms with Gasteiger partial charge in [0.25, 0.3) is 0 Å². The second-order valence-corrected chi connectivity index (χ2v) is 6.03. The van der Waals surface area contributed by atoms with Gasteiger partial charge in [-0.25, -0.2) is 9.07 Å². The fraction of sp³-hybridized carbons (Fsp3) is 0.0500. The number of nitrogens with zero attached hydrogens (tertiary/aromatic N) is 2. The number of benzene rings is 3. The van der Waals surface area contributed by atoms with Crippen molar-refractivity contribution in [3.05, 3.63) is 78.2 Å². The summed E-state index contributed by atoms with van der Waals surface area (Å²) in [6, 6.07) is 13.7. The third-order valence-corrected chi connectivity index (χ3v) is 4.26. The van der Waals surface area contributed by atoms with Gasteiger partial charge in [-0.1, -0.05) is 12.1 Å². The first-order chi connectivity index (χ1) is 12.8. The normalized spacial score (nSPS) is 11.9. The number of rotatable bonds is 2. The zero-order chi connectivity index (χ0) is 19.2. The number of alkyl halides is 3. The third-order valence-electron chi connectivity index (χ3n) is 4.26. The third kappa shape index (κ3) is 3.12. The Morgan fingerprint density at radius 2 is 1.63 bits per heavy atom. The molecule has 7 heteroatoms. The van der Waals surface area contributed by atoms with Crippen LogP contribution in [-0.2, 0) is 6.18 Å². The number of fused-ring (bicyclic) bond motifs is 1. The summed E-state index contributed by atoms with van der Waals surface area (Å²) in [7, 11) is 0. The van der Waals surface area contributed by atoms with Gasteiger partial charge in [0.1, 0.15) is 11.6 Å². The summed E-state index contributed by atoms with van der Waals surface area (Å²) in [5.41, 5.74) is 0.732. The Balaban J connectivity index is 1.84. The summed E-state index contributed by atoms with van der Waals surface area (Å²) < 4.78 is 54.7. The van der Waals surface area contributed by atoms with Gasteiger partial charge in [0.2, 0.25) is 0 Å². The number of hydrogen-bond donors (Lipinski definition) is 1. The molecule has 0 aliphatic heterocycles. The summed E-state index contributed by atoms with van der Waals surface area (Å²) in [6.07, 6.45) is -3.06. The minimum atomic E-state index is -4.60. The topological polar surface area (TPSA) is 38.1 Å². The predicted molar refractivity (Wildman–Crippen MR) is 93.1 cm³/mol. The molecule has 0 fully saturated rings. The molecule has 0 aliphatic carbocycles. The van der Waals surface area contributed by atoms with Crippen molar-refractivity contribution in [1.29, 1.82) is 0 Å². The SMILES string of the molecule is Oc1ccc(-c2ccc3c(cnn3-c3ccc(F)cc3)c2)c(C(F)(F)F)c1. The Morgan fingerprint density at radius 3 is 2.33 bits per heavy atom. The minimum Gasteiger partial charge on any atom is -0.508 e. The van der Waals surface area contributed by atoms with Crippen LogP contribution in [0.1, 0.15) is 5.56 Å². The molecule has 0 saturated heterocycles. The number of aromatic hydroxyl groups is 1. The van der Waals surface area contributed by atoms with Crippen LogP contribution in [0.4, 0.5) is 17.6 Å². The van der Waals surface area contributed by atoms with Gasteiger partial charge in [-0.15, -0.1) is 0 Å². The lowest BCUT2D eigenvalue weighted by atomic mass is 9.98. The van der Waals surface area contributed by atoms with E-state index < -0.39 is 17.5 Å². The van der Waals surface area contributed by atoms with Crippen LogP contribution in [0.2, 0.25) is 0 Å². The second-order valence-electron chi connectivity index (χ2n) is 6.03. The molecule has 1 N–H and O–H groups in total. The molecule has 136 valence electrons. The lowest BCUT2D eigenvalue weighted by molar-refractivity contribution is -0.137. The van der Waals surface area contributed by atoms with E-state index in [2.05, 4.69) is 5.10 Å². The van der Waals surface area contributed by atoms with Crippen molar-refractivity contribution in [1.82, 2.24) is 9.78 Å². The van der Waals surface area contributed by atoms with Gasteiger partial charge in [0.05, 0.1) is 23.0 Å². The molecule has 27 heavy (non-hydrogen) atoms. The molecular formula is C20H12F4N2O. The molecule has 1 aromatic heterocycles. The van der Waals surface area contributed by atoms with Gasteiger partial charge >= 0.3 is 6.18 Å². The first-order valence-electron chi connectivity index (χ1n) is 7.97. The van der Waals surface area contributed by atoms with Crippen LogP contribution in [0, 0.1) is 5.82 Å². The standard InChI is InChI=1S/C20H12F4N2O/c21-14-2-4-15(5-3-14)26-19-8-1-12(9-13(19)11-25-26)17-7-6-16(27)10-18(17)20(22,23)24/h1-11,27H. The highest BCUT2D eigenvalue weighted by atomic mass is 19.4. The second kappa shape index (κ2) is 6.12. The van der Waals surface area contributed by atoms with E-state index in [1.165, 1.54) is 30.5 Å². The van der Waals surface area contributed by atoms with E-state index >= 15 is 0 Å². The maximum absolute atomic E-state index is 13.3. The van der Waals surface area contributed by atoms with Gasteiger partial charge in [0.15, 0.2) is 0 Å². The van der Waals surface area contributed by atoms with E-state index in [0.29, 0.717) is 28.2 Å². The number of phenolic OH excluding ortho intramolecular Hbond substituents is 1. The van der Waals surface area contributed by atoms with Gasteiger partial charge < -0.3 is 5.11 Å². The Hall–Kier alpha value is -3.35. The molecule has 0 amide bonds. The predicted octanol–water partition coefficient (Wildman–Crippen LogP) is 5.56. The number of phenols is 1. The fourth-order valence-electron chi connectivity index (χ4n) is 3.01. The van der Waals surface area contributed by atoms with Crippen LogP contribution in [0.5, 0.6) is 5.75 Å². The highest BCUT2D eigenvalue weighted by Gasteiger charge is 2.34. The van der Waals surface area contributed by atoms with E-state index in [4.69, 9.17) is 0 Å². The van der Waals surface area contributed by atoms with Crippen LogP contribution < -0.4 is 0 Å². The van der Waals surface area contributed by atoms with E-state index in [1.54, 1.807) is 35.0 Å². The number of halogens is 4. The molecule has 0 bridgehead atoms. The van der Waals surface area contributed by atoms with Crippen LogP contribution in [0.3, 0.4) is 0 Å². The van der Waals surface area contributed by atoms with Crippen molar-refractivity contribution in [2.75, 3.05) is 0 Å². The number of hydrogen-bond acceptors (Lipinski definition) is 2. The molecular weight excluding hydrogens is 360 g/mol. The van der Waals surface area contributed by atoms with Gasteiger partial charge in [-0.05, 0) is 59.7 Å². The maximum atomic E-state index is 13.3. The zero-order valence-corrected chi connectivity index (χ0v) is 13.7. The summed E-state index contributed by atoms with van der Waals surface area (Å²) in [5, 5.41) is 14.3. The van der Waals surface area contributed by atoms with E-state index in [-0.39, 0.29) is 11.4 Å². The molecule has 0 aliphatic rings. The first kappa shape index (κ1) is 17.1. The van der Waals surface area contributed by atoms with Crippen molar-refractivity contribution < 1.29 is 22.7 Å². The smallest absolute Gasteiger partial charge is 0.417 e. The van der Waals surface area contributed by atoms with E-state index in [1.807, 2.05) is 0 Å². The Morgan fingerprint density at radius 1 is 0.889 bits per heavy atom. The molecule has 4 aromatic rings. The van der Waals surface area contributed by atoms with Crippen molar-refractivity contribution in [2.45, 2.75) is 6.18 Å². The molecule has 0 saturated carbocycles. The van der Waals surface area contributed by atoms with Gasteiger partial charge in [-0.3, -0.25) is 0 Å².